The van der Waals surface area contributed by atoms with Gasteiger partial charge in [-0.2, -0.15) is 5.26 Å². The highest BCUT2D eigenvalue weighted by atomic mass is 79.9. The van der Waals surface area contributed by atoms with Crippen LogP contribution >= 0.6 is 15.9 Å². The molecule has 2 nitrogen and oxygen atoms in total. The number of nitriles is 1. The molecule has 0 fully saturated rings. The molecule has 0 aliphatic carbocycles. The summed E-state index contributed by atoms with van der Waals surface area (Å²) in [5.74, 6) is -0.935. The summed E-state index contributed by atoms with van der Waals surface area (Å²) in [5.41, 5.74) is -1.22. The first-order chi connectivity index (χ1) is 6.61. The summed E-state index contributed by atoms with van der Waals surface area (Å²) in [6.45, 7) is 0. The second-order valence-corrected chi connectivity index (χ2v) is 2.96. The van der Waals surface area contributed by atoms with E-state index in [0.29, 0.717) is 0 Å². The van der Waals surface area contributed by atoms with Crippen LogP contribution < -0.4 is 0 Å². The molecule has 6 heteroatoms. The number of aromatic nitrogens is 1. The van der Waals surface area contributed by atoms with E-state index < -0.39 is 17.9 Å². The first-order valence-corrected chi connectivity index (χ1v) is 4.65. The lowest BCUT2D eigenvalue weighted by Gasteiger charge is -2.06. The van der Waals surface area contributed by atoms with Gasteiger partial charge in [0.25, 0.3) is 6.43 Å². The van der Waals surface area contributed by atoms with Gasteiger partial charge in [0.15, 0.2) is 0 Å². The van der Waals surface area contributed by atoms with Gasteiger partial charge >= 0.3 is 0 Å². The fourth-order valence-electron chi connectivity index (χ4n) is 0.937. The smallest absolute Gasteiger partial charge is 0.253 e. The van der Waals surface area contributed by atoms with E-state index >= 15 is 0 Å². The molecular weight excluding hydrogens is 261 g/mol. The molecule has 0 amide bonds. The van der Waals surface area contributed by atoms with Crippen molar-refractivity contribution < 1.29 is 13.2 Å². The van der Waals surface area contributed by atoms with Crippen molar-refractivity contribution >= 4 is 15.9 Å². The highest BCUT2D eigenvalue weighted by Gasteiger charge is 2.20. The van der Waals surface area contributed by atoms with Crippen molar-refractivity contribution in [1.29, 1.82) is 5.26 Å². The van der Waals surface area contributed by atoms with Crippen LogP contribution in [0.25, 0.3) is 0 Å². The predicted molar refractivity (Wildman–Crippen MR) is 46.5 cm³/mol. The molecule has 0 N–H and O–H groups in total. The predicted octanol–water partition coefficient (Wildman–Crippen LogP) is 2.92. The lowest BCUT2D eigenvalue weighted by molar-refractivity contribution is 0.144. The van der Waals surface area contributed by atoms with Gasteiger partial charge in [0.2, 0.25) is 0 Å². The molecule has 0 spiro atoms. The van der Waals surface area contributed by atoms with Crippen LogP contribution in [0, 0.1) is 17.1 Å². The fraction of sp³-hybridized carbons (Fsp3) is 0.250. The number of hydrogen-bond donors (Lipinski definition) is 0. The zero-order chi connectivity index (χ0) is 10.7. The standard InChI is InChI=1S/C8H4BrF3N2/c9-1-5-6(10)4(2-13)3-14-7(5)8(11)12/h3,8H,1H2. The average Bonchev–Trinajstić information content (AvgIpc) is 2.17. The molecule has 0 aromatic carbocycles. The van der Waals surface area contributed by atoms with Gasteiger partial charge in [-0.25, -0.2) is 13.2 Å². The first kappa shape index (κ1) is 11.0. The summed E-state index contributed by atoms with van der Waals surface area (Å²) in [6, 6.07) is 1.53. The molecule has 0 saturated heterocycles. The maximum absolute atomic E-state index is 13.3. The molecule has 0 unspecified atom stereocenters. The van der Waals surface area contributed by atoms with Crippen LogP contribution in [0.4, 0.5) is 13.2 Å². The third kappa shape index (κ3) is 1.87. The second-order valence-electron chi connectivity index (χ2n) is 2.40. The Kier molecular flexibility index (Phi) is 3.47. The van der Waals surface area contributed by atoms with Crippen molar-refractivity contribution in [2.75, 3.05) is 0 Å². The summed E-state index contributed by atoms with van der Waals surface area (Å²) in [5, 5.41) is 8.34. The molecule has 1 aromatic rings. The van der Waals surface area contributed by atoms with Gasteiger partial charge < -0.3 is 0 Å². The Morgan fingerprint density at radius 3 is 2.64 bits per heavy atom. The first-order valence-electron chi connectivity index (χ1n) is 3.53. The molecular formula is C8H4BrF3N2. The summed E-state index contributed by atoms with van der Waals surface area (Å²) in [4.78, 5) is 3.34. The van der Waals surface area contributed by atoms with E-state index in [4.69, 9.17) is 5.26 Å². The Morgan fingerprint density at radius 1 is 1.57 bits per heavy atom. The summed E-state index contributed by atoms with van der Waals surface area (Å²) in [7, 11) is 0. The Hall–Kier alpha value is -1.09. The largest absolute Gasteiger partial charge is 0.280 e. The normalized spacial score (nSPS) is 10.3. The van der Waals surface area contributed by atoms with Gasteiger partial charge in [0, 0.05) is 17.1 Å². The number of halogens is 4. The third-order valence-corrected chi connectivity index (χ3v) is 2.16. The van der Waals surface area contributed by atoms with Gasteiger partial charge in [-0.15, -0.1) is 0 Å². The van der Waals surface area contributed by atoms with Crippen LogP contribution in [0.3, 0.4) is 0 Å². The molecule has 14 heavy (non-hydrogen) atoms. The van der Waals surface area contributed by atoms with E-state index in [-0.39, 0.29) is 16.5 Å². The molecule has 0 saturated carbocycles. The molecule has 74 valence electrons. The van der Waals surface area contributed by atoms with Gasteiger partial charge in [0.05, 0.1) is 0 Å². The zero-order valence-corrected chi connectivity index (χ0v) is 8.35. The number of rotatable bonds is 2. The topological polar surface area (TPSA) is 36.7 Å². The Morgan fingerprint density at radius 2 is 2.21 bits per heavy atom. The van der Waals surface area contributed by atoms with E-state index in [1.807, 2.05) is 0 Å². The minimum atomic E-state index is -2.84. The monoisotopic (exact) mass is 264 g/mol. The van der Waals surface area contributed by atoms with Crippen LogP contribution in [-0.2, 0) is 5.33 Å². The lowest BCUT2D eigenvalue weighted by Crippen LogP contribution is -2.02. The highest BCUT2D eigenvalue weighted by molar-refractivity contribution is 9.08. The lowest BCUT2D eigenvalue weighted by atomic mass is 10.1. The maximum Gasteiger partial charge on any atom is 0.280 e. The number of pyridine rings is 1. The molecule has 1 rings (SSSR count). The van der Waals surface area contributed by atoms with Crippen LogP contribution in [0.5, 0.6) is 0 Å². The SMILES string of the molecule is N#Cc1cnc(C(F)F)c(CBr)c1F. The second kappa shape index (κ2) is 4.42. The van der Waals surface area contributed by atoms with Crippen molar-refractivity contribution in [3.63, 3.8) is 0 Å². The Balaban J connectivity index is 3.38. The van der Waals surface area contributed by atoms with E-state index in [9.17, 15) is 13.2 Å². The summed E-state index contributed by atoms with van der Waals surface area (Å²) >= 11 is 2.87. The molecule has 0 atom stereocenters. The van der Waals surface area contributed by atoms with Crippen molar-refractivity contribution in [3.8, 4) is 6.07 Å². The fourth-order valence-corrected chi connectivity index (χ4v) is 1.47. The van der Waals surface area contributed by atoms with Crippen molar-refractivity contribution in [1.82, 2.24) is 4.98 Å². The summed E-state index contributed by atoms with van der Waals surface area (Å²) < 4.78 is 37.9. The third-order valence-electron chi connectivity index (χ3n) is 1.60. The van der Waals surface area contributed by atoms with Crippen molar-refractivity contribution in [2.45, 2.75) is 11.8 Å². The van der Waals surface area contributed by atoms with E-state index in [1.165, 1.54) is 6.07 Å². The van der Waals surface area contributed by atoms with Gasteiger partial charge in [-0.3, -0.25) is 4.98 Å². The molecule has 1 heterocycles. The maximum atomic E-state index is 13.3. The number of hydrogen-bond acceptors (Lipinski definition) is 2. The Labute approximate surface area is 86.5 Å². The van der Waals surface area contributed by atoms with Crippen LogP contribution in [-0.4, -0.2) is 4.98 Å². The zero-order valence-electron chi connectivity index (χ0n) is 6.77. The van der Waals surface area contributed by atoms with Gasteiger partial charge in [-0.05, 0) is 0 Å². The molecule has 1 aromatic heterocycles. The minimum absolute atomic E-state index is 0.0962. The molecule has 0 bridgehead atoms. The van der Waals surface area contributed by atoms with Crippen LogP contribution in [0.2, 0.25) is 0 Å². The highest BCUT2D eigenvalue weighted by Crippen LogP contribution is 2.25. The minimum Gasteiger partial charge on any atom is -0.253 e. The number of nitrogens with zero attached hydrogens (tertiary/aromatic N) is 2. The molecule has 0 aliphatic rings. The molecule has 0 radical (unpaired) electrons. The summed E-state index contributed by atoms with van der Waals surface area (Å²) in [6.07, 6.45) is -2.03. The average molecular weight is 265 g/mol. The molecule has 0 aliphatic heterocycles. The van der Waals surface area contributed by atoms with Gasteiger partial charge in [-0.1, -0.05) is 15.9 Å². The van der Waals surface area contributed by atoms with Crippen molar-refractivity contribution in [2.24, 2.45) is 0 Å². The number of alkyl halides is 3. The van der Waals surface area contributed by atoms with E-state index in [0.717, 1.165) is 6.20 Å². The Bertz CT molecular complexity index is 387. The van der Waals surface area contributed by atoms with E-state index in [2.05, 4.69) is 20.9 Å². The quantitative estimate of drug-likeness (QED) is 0.771. The van der Waals surface area contributed by atoms with Crippen LogP contribution in [0.1, 0.15) is 23.2 Å². The van der Waals surface area contributed by atoms with Crippen LogP contribution in [0.15, 0.2) is 6.20 Å². The van der Waals surface area contributed by atoms with Gasteiger partial charge in [0.1, 0.15) is 23.1 Å². The van der Waals surface area contributed by atoms with E-state index in [1.54, 1.807) is 0 Å². The van der Waals surface area contributed by atoms with Crippen molar-refractivity contribution in [3.05, 3.63) is 28.8 Å².